The highest BCUT2D eigenvalue weighted by atomic mass is 35.5. The number of ether oxygens (including phenoxy) is 2. The zero-order chi connectivity index (χ0) is 25.1. The predicted molar refractivity (Wildman–Crippen MR) is 128 cm³/mol. The fourth-order valence-electron chi connectivity index (χ4n) is 4.09. The van der Waals surface area contributed by atoms with Crippen LogP contribution in [-0.2, 0) is 19.1 Å². The maximum atomic E-state index is 13.2. The van der Waals surface area contributed by atoms with Crippen LogP contribution in [0.5, 0.6) is 0 Å². The van der Waals surface area contributed by atoms with Crippen LogP contribution in [0.3, 0.4) is 0 Å². The molecule has 2 N–H and O–H groups in total. The van der Waals surface area contributed by atoms with Gasteiger partial charge in [0.15, 0.2) is 0 Å². The van der Waals surface area contributed by atoms with Crippen molar-refractivity contribution in [3.63, 3.8) is 0 Å². The lowest BCUT2D eigenvalue weighted by Crippen LogP contribution is -2.41. The number of esters is 2. The maximum Gasteiger partial charge on any atom is 0.355 e. The van der Waals surface area contributed by atoms with E-state index in [4.69, 9.17) is 26.8 Å². The van der Waals surface area contributed by atoms with E-state index in [2.05, 4.69) is 11.1 Å². The Bertz CT molecular complexity index is 1390. The first kappa shape index (κ1) is 23.6. The van der Waals surface area contributed by atoms with Crippen LogP contribution in [-0.4, -0.2) is 35.7 Å². The van der Waals surface area contributed by atoms with Crippen LogP contribution in [0.1, 0.15) is 11.5 Å². The van der Waals surface area contributed by atoms with Gasteiger partial charge < -0.3 is 19.8 Å². The van der Waals surface area contributed by atoms with Crippen molar-refractivity contribution in [2.24, 2.45) is 5.73 Å². The fraction of sp³-hybridized carbons (Fsp3) is 0.120. The Morgan fingerprint density at radius 2 is 1.80 bits per heavy atom. The summed E-state index contributed by atoms with van der Waals surface area (Å²) in [6, 6.07) is 15.9. The van der Waals surface area contributed by atoms with E-state index >= 15 is 0 Å². The highest BCUT2D eigenvalue weighted by molar-refractivity contribution is 6.33. The third-order valence-corrected chi connectivity index (χ3v) is 5.88. The number of carbonyl (C=O) groups is 2. The molecule has 9 nitrogen and oxygen atoms in total. The van der Waals surface area contributed by atoms with E-state index in [-0.39, 0.29) is 22.7 Å². The summed E-state index contributed by atoms with van der Waals surface area (Å²) in [6.07, 6.45) is 4.75. The van der Waals surface area contributed by atoms with Crippen LogP contribution in [0.25, 0.3) is 5.69 Å². The Morgan fingerprint density at radius 1 is 1.09 bits per heavy atom. The highest BCUT2D eigenvalue weighted by Crippen LogP contribution is 2.45. The van der Waals surface area contributed by atoms with E-state index in [1.54, 1.807) is 65.5 Å². The van der Waals surface area contributed by atoms with Crippen LogP contribution in [0.4, 0.5) is 5.69 Å². The second-order valence-electron chi connectivity index (χ2n) is 7.41. The summed E-state index contributed by atoms with van der Waals surface area (Å²) >= 11 is 6.55. The highest BCUT2D eigenvalue weighted by Gasteiger charge is 2.43. The summed E-state index contributed by atoms with van der Waals surface area (Å²) in [7, 11) is 2.38. The number of rotatable bonds is 5. The monoisotopic (exact) mass is 489 g/mol. The molecule has 0 amide bonds. The van der Waals surface area contributed by atoms with E-state index in [9.17, 15) is 14.9 Å². The molecular weight excluding hydrogens is 470 g/mol. The number of nitrogens with two attached hydrogens (primary N) is 1. The van der Waals surface area contributed by atoms with E-state index in [1.165, 1.54) is 25.4 Å². The van der Waals surface area contributed by atoms with Crippen molar-refractivity contribution in [1.29, 1.82) is 5.26 Å². The number of carbonyl (C=O) groups excluding carboxylic acids is 2. The number of hydrogen-bond donors (Lipinski definition) is 1. The van der Waals surface area contributed by atoms with Gasteiger partial charge in [0, 0.05) is 12.4 Å². The molecule has 0 saturated heterocycles. The first-order valence-electron chi connectivity index (χ1n) is 10.4. The molecule has 1 aliphatic heterocycles. The summed E-state index contributed by atoms with van der Waals surface area (Å²) in [4.78, 5) is 31.8. The lowest BCUT2D eigenvalue weighted by Gasteiger charge is -2.36. The standard InChI is InChI=1S/C25H20ClN5O4/c1-34-24(32)20-19(15-7-4-3-5-8-15)16(13-27)23(28)31(22(20)25(33)35-2)18-10-6-9-17(26)21(18)30-12-11-29-14-30/h3-12,14,19H,28H2,1-2H3. The molecule has 0 aliphatic carbocycles. The van der Waals surface area contributed by atoms with E-state index < -0.39 is 17.9 Å². The van der Waals surface area contributed by atoms with Gasteiger partial charge in [0.2, 0.25) is 0 Å². The van der Waals surface area contributed by atoms with Gasteiger partial charge >= 0.3 is 11.9 Å². The number of allylic oxidation sites excluding steroid dienone is 1. The van der Waals surface area contributed by atoms with Crippen LogP contribution in [0, 0.1) is 11.3 Å². The molecular formula is C25H20ClN5O4. The molecule has 0 fully saturated rings. The molecule has 3 aromatic rings. The number of aromatic nitrogens is 2. The van der Waals surface area contributed by atoms with Crippen molar-refractivity contribution in [1.82, 2.24) is 9.55 Å². The number of methoxy groups -OCH3 is 2. The van der Waals surface area contributed by atoms with Gasteiger partial charge in [0.25, 0.3) is 0 Å². The van der Waals surface area contributed by atoms with Gasteiger partial charge in [-0.3, -0.25) is 4.90 Å². The Kier molecular flexibility index (Phi) is 6.57. The van der Waals surface area contributed by atoms with Crippen LogP contribution in [0.2, 0.25) is 5.02 Å². The number of benzene rings is 2. The Labute approximate surface area is 206 Å². The van der Waals surface area contributed by atoms with Crippen molar-refractivity contribution >= 4 is 29.2 Å². The third-order valence-electron chi connectivity index (χ3n) is 5.58. The lowest BCUT2D eigenvalue weighted by molar-refractivity contribution is -0.139. The number of anilines is 1. The maximum absolute atomic E-state index is 13.2. The van der Waals surface area contributed by atoms with Gasteiger partial charge in [0.1, 0.15) is 11.5 Å². The van der Waals surface area contributed by atoms with Crippen molar-refractivity contribution in [3.8, 4) is 11.8 Å². The van der Waals surface area contributed by atoms with Gasteiger partial charge in [-0.05, 0) is 17.7 Å². The minimum absolute atomic E-state index is 0.0563. The average Bonchev–Trinajstić information content (AvgIpc) is 3.41. The molecule has 0 bridgehead atoms. The van der Waals surface area contributed by atoms with Gasteiger partial charge in [-0.1, -0.05) is 48.0 Å². The molecule has 10 heteroatoms. The smallest absolute Gasteiger partial charge is 0.355 e. The molecule has 0 radical (unpaired) electrons. The Balaban J connectivity index is 2.12. The molecule has 2 heterocycles. The number of halogens is 1. The minimum Gasteiger partial charge on any atom is -0.466 e. The Hall–Kier alpha value is -4.55. The molecule has 0 spiro atoms. The van der Waals surface area contributed by atoms with Crippen LogP contribution < -0.4 is 10.6 Å². The topological polar surface area (TPSA) is 123 Å². The zero-order valence-corrected chi connectivity index (χ0v) is 19.6. The number of nitrogens with zero attached hydrogens (tertiary/aromatic N) is 4. The third kappa shape index (κ3) is 4.00. The van der Waals surface area contributed by atoms with Crippen molar-refractivity contribution < 1.29 is 19.1 Å². The minimum atomic E-state index is -0.963. The Morgan fingerprint density at radius 3 is 2.40 bits per heavy atom. The summed E-state index contributed by atoms with van der Waals surface area (Å²) < 4.78 is 11.8. The summed E-state index contributed by atoms with van der Waals surface area (Å²) in [6.45, 7) is 0. The van der Waals surface area contributed by atoms with E-state index in [0.717, 1.165) is 0 Å². The molecule has 2 aromatic carbocycles. The second kappa shape index (κ2) is 9.75. The molecule has 1 atom stereocenters. The molecule has 0 saturated carbocycles. The molecule has 176 valence electrons. The van der Waals surface area contributed by atoms with E-state index in [0.29, 0.717) is 22.0 Å². The number of imidazole rings is 1. The summed E-state index contributed by atoms with van der Waals surface area (Å²) in [5.74, 6) is -2.67. The molecule has 35 heavy (non-hydrogen) atoms. The fourth-order valence-corrected chi connectivity index (χ4v) is 4.36. The van der Waals surface area contributed by atoms with Crippen LogP contribution >= 0.6 is 11.6 Å². The number of nitriles is 1. The first-order chi connectivity index (χ1) is 16.9. The molecule has 1 aliphatic rings. The number of para-hydroxylation sites is 1. The summed E-state index contributed by atoms with van der Waals surface area (Å²) in [5.41, 5.74) is 7.69. The summed E-state index contributed by atoms with van der Waals surface area (Å²) in [5, 5.41) is 10.5. The normalized spacial score (nSPS) is 15.6. The van der Waals surface area contributed by atoms with Gasteiger partial charge in [-0.15, -0.1) is 0 Å². The number of hydrogen-bond acceptors (Lipinski definition) is 8. The molecule has 1 aromatic heterocycles. The largest absolute Gasteiger partial charge is 0.466 e. The van der Waals surface area contributed by atoms with Gasteiger partial charge in [-0.2, -0.15) is 5.26 Å². The van der Waals surface area contributed by atoms with Crippen LogP contribution in [0.15, 0.2) is 89.9 Å². The van der Waals surface area contributed by atoms with Gasteiger partial charge in [0.05, 0.1) is 60.1 Å². The molecule has 1 unspecified atom stereocenters. The van der Waals surface area contributed by atoms with Crippen molar-refractivity contribution in [2.75, 3.05) is 19.1 Å². The van der Waals surface area contributed by atoms with Crippen molar-refractivity contribution in [3.05, 3.63) is 101 Å². The SMILES string of the molecule is COC(=O)C1=C(C(=O)OC)N(c2cccc(Cl)c2-n2ccnc2)C(N)=C(C#N)C1c1ccccc1. The average molecular weight is 490 g/mol. The lowest BCUT2D eigenvalue weighted by atomic mass is 9.81. The molecule has 4 rings (SSSR count). The van der Waals surface area contributed by atoms with Crippen molar-refractivity contribution in [2.45, 2.75) is 5.92 Å². The predicted octanol–water partition coefficient (Wildman–Crippen LogP) is 3.42. The van der Waals surface area contributed by atoms with Gasteiger partial charge in [-0.25, -0.2) is 14.6 Å². The first-order valence-corrected chi connectivity index (χ1v) is 10.7. The quantitative estimate of drug-likeness (QED) is 0.541. The van der Waals surface area contributed by atoms with E-state index in [1.807, 2.05) is 0 Å². The zero-order valence-electron chi connectivity index (χ0n) is 18.8. The second-order valence-corrected chi connectivity index (χ2v) is 7.82.